The number of benzene rings is 3. The van der Waals surface area contributed by atoms with Crippen LogP contribution in [-0.4, -0.2) is 41.4 Å². The first-order chi connectivity index (χ1) is 19.3. The first-order valence-corrected chi connectivity index (χ1v) is 16.8. The molecule has 2 heterocycles. The van der Waals surface area contributed by atoms with Crippen LogP contribution in [0.2, 0.25) is 5.04 Å². The van der Waals surface area contributed by atoms with Crippen LogP contribution < -0.4 is 10.4 Å². The third-order valence-electron chi connectivity index (χ3n) is 8.86. The lowest BCUT2D eigenvalue weighted by atomic mass is 9.89. The van der Waals surface area contributed by atoms with E-state index in [1.807, 2.05) is 54.6 Å². The van der Waals surface area contributed by atoms with Crippen molar-refractivity contribution in [3.63, 3.8) is 0 Å². The minimum atomic E-state index is -3.24. The molecule has 2 fully saturated rings. The van der Waals surface area contributed by atoms with Gasteiger partial charge in [-0.25, -0.2) is 4.98 Å². The molecule has 1 aliphatic heterocycles. The highest BCUT2D eigenvalue weighted by Crippen LogP contribution is 2.47. The van der Waals surface area contributed by atoms with Crippen molar-refractivity contribution in [3.8, 4) is 0 Å². The van der Waals surface area contributed by atoms with Crippen LogP contribution in [0.4, 0.5) is 0 Å². The summed E-state index contributed by atoms with van der Waals surface area (Å²) in [6.45, 7) is 4.36. The van der Waals surface area contributed by atoms with Crippen molar-refractivity contribution in [3.05, 3.63) is 102 Å². The number of para-hydroxylation sites is 1. The Morgan fingerprint density at radius 2 is 1.65 bits per heavy atom. The fraction of sp³-hybridized carbons (Fsp3) is 0.333. The van der Waals surface area contributed by atoms with Gasteiger partial charge in [-0.15, -0.1) is 11.3 Å². The molecule has 1 saturated carbocycles. The smallest absolute Gasteiger partial charge is 0.306 e. The summed E-state index contributed by atoms with van der Waals surface area (Å²) in [5.41, 5.74) is 0.966. The quantitative estimate of drug-likeness (QED) is 0.174. The second-order valence-electron chi connectivity index (χ2n) is 11.8. The van der Waals surface area contributed by atoms with Gasteiger partial charge in [-0.1, -0.05) is 98.8 Å². The number of hydrogen-bond acceptors (Lipinski definition) is 6. The fourth-order valence-corrected chi connectivity index (χ4v) is 11.5. The van der Waals surface area contributed by atoms with Crippen LogP contribution in [-0.2, 0) is 9.53 Å². The summed E-state index contributed by atoms with van der Waals surface area (Å²) in [5, 5.41) is 13.3. The number of allylic oxidation sites excluding steroid dienone is 1. The van der Waals surface area contributed by atoms with E-state index < -0.39 is 19.5 Å². The molecule has 0 spiro atoms. The van der Waals surface area contributed by atoms with Crippen molar-refractivity contribution in [1.82, 2.24) is 4.98 Å². The van der Waals surface area contributed by atoms with Gasteiger partial charge in [-0.05, 0) is 34.0 Å². The van der Waals surface area contributed by atoms with E-state index in [-0.39, 0.29) is 29.8 Å². The van der Waals surface area contributed by atoms with Crippen molar-refractivity contribution in [2.45, 2.75) is 56.3 Å². The Morgan fingerprint density at radius 1 is 1.02 bits per heavy atom. The Labute approximate surface area is 240 Å². The monoisotopic (exact) mass is 569 g/mol. The zero-order valence-corrected chi connectivity index (χ0v) is 24.6. The highest BCUT2D eigenvalue weighted by Gasteiger charge is 2.51. The third-order valence-corrected chi connectivity index (χ3v) is 14.5. The molecular formula is C33H35NO4SSi. The van der Waals surface area contributed by atoms with Gasteiger partial charge in [0.15, 0.2) is 0 Å². The van der Waals surface area contributed by atoms with Gasteiger partial charge in [0, 0.05) is 24.2 Å². The number of thiazole rings is 1. The number of aromatic nitrogens is 1. The lowest BCUT2D eigenvalue weighted by Gasteiger charge is -2.42. The first-order valence-electron chi connectivity index (χ1n) is 14.0. The van der Waals surface area contributed by atoms with E-state index in [1.165, 1.54) is 0 Å². The lowest BCUT2D eigenvalue weighted by Crippen LogP contribution is -2.65. The van der Waals surface area contributed by atoms with E-state index in [0.717, 1.165) is 25.6 Å². The van der Waals surface area contributed by atoms with Crippen LogP contribution in [0.3, 0.4) is 0 Å². The van der Waals surface area contributed by atoms with Gasteiger partial charge in [-0.2, -0.15) is 0 Å². The lowest BCUT2D eigenvalue weighted by molar-refractivity contribution is -0.141. The highest BCUT2D eigenvalue weighted by molar-refractivity contribution is 7.18. The average Bonchev–Trinajstić information content (AvgIpc) is 3.63. The molecule has 206 valence electrons. The Bertz CT molecular complexity index is 1450. The van der Waals surface area contributed by atoms with E-state index in [1.54, 1.807) is 11.3 Å². The SMILES string of the molecule is CC(C)(C[C@H](/C=C/[C@@H]1[C@H]2CC(=O)O[C@H]2C[C@H]1O)c1nc2ccccc2s1)[Si](O)(c1ccccc1)c1ccccc1. The Kier molecular flexibility index (Phi) is 7.25. The first kappa shape index (κ1) is 27.1. The molecule has 0 unspecified atom stereocenters. The molecule has 1 saturated heterocycles. The minimum absolute atomic E-state index is 0.00252. The summed E-state index contributed by atoms with van der Waals surface area (Å²) in [4.78, 5) is 29.8. The summed E-state index contributed by atoms with van der Waals surface area (Å²) < 4.78 is 6.60. The second kappa shape index (κ2) is 10.7. The molecule has 1 aromatic heterocycles. The van der Waals surface area contributed by atoms with E-state index in [9.17, 15) is 14.7 Å². The maximum Gasteiger partial charge on any atom is 0.306 e. The van der Waals surface area contributed by atoms with Crippen LogP contribution in [0.5, 0.6) is 0 Å². The van der Waals surface area contributed by atoms with Crippen molar-refractivity contribution in [1.29, 1.82) is 0 Å². The molecule has 2 aliphatic rings. The number of carbonyl (C=O) groups is 1. The molecule has 5 atom stereocenters. The van der Waals surface area contributed by atoms with Gasteiger partial charge in [0.05, 0.1) is 22.7 Å². The summed E-state index contributed by atoms with van der Waals surface area (Å²) in [6.07, 6.45) is 5.02. The molecular weight excluding hydrogens is 535 g/mol. The third kappa shape index (κ3) is 4.85. The summed E-state index contributed by atoms with van der Waals surface area (Å²) >= 11 is 1.68. The van der Waals surface area contributed by atoms with Gasteiger partial charge in [0.1, 0.15) is 11.1 Å². The van der Waals surface area contributed by atoms with E-state index in [2.05, 4.69) is 56.3 Å². The zero-order valence-electron chi connectivity index (χ0n) is 22.8. The van der Waals surface area contributed by atoms with Crippen LogP contribution >= 0.6 is 11.3 Å². The molecule has 40 heavy (non-hydrogen) atoms. The summed E-state index contributed by atoms with van der Waals surface area (Å²) in [7, 11) is -3.24. The second-order valence-corrected chi connectivity index (χ2v) is 16.8. The Morgan fingerprint density at radius 3 is 2.30 bits per heavy atom. The van der Waals surface area contributed by atoms with Crippen LogP contribution in [0, 0.1) is 11.8 Å². The summed E-state index contributed by atoms with van der Waals surface area (Å²) in [5.74, 6) is -0.396. The van der Waals surface area contributed by atoms with E-state index >= 15 is 0 Å². The van der Waals surface area contributed by atoms with E-state index in [4.69, 9.17) is 9.72 Å². The normalized spacial score (nSPS) is 23.9. The van der Waals surface area contributed by atoms with Crippen molar-refractivity contribution < 1.29 is 19.4 Å². The van der Waals surface area contributed by atoms with Crippen molar-refractivity contribution >= 4 is 46.2 Å². The molecule has 0 bridgehead atoms. The molecule has 7 heteroatoms. The van der Waals surface area contributed by atoms with Gasteiger partial charge >= 0.3 is 5.97 Å². The predicted octanol–water partition coefficient (Wildman–Crippen LogP) is 5.17. The topological polar surface area (TPSA) is 79.7 Å². The number of ether oxygens (including phenoxy) is 1. The highest BCUT2D eigenvalue weighted by atomic mass is 32.1. The van der Waals surface area contributed by atoms with Gasteiger partial charge < -0.3 is 14.6 Å². The molecule has 2 N–H and O–H groups in total. The van der Waals surface area contributed by atoms with Gasteiger partial charge in [-0.3, -0.25) is 4.79 Å². The Balaban J connectivity index is 1.40. The number of nitrogens with zero attached hydrogens (tertiary/aromatic N) is 1. The zero-order chi connectivity index (χ0) is 27.9. The fourth-order valence-electron chi connectivity index (χ4n) is 6.74. The number of esters is 1. The van der Waals surface area contributed by atoms with Crippen LogP contribution in [0.25, 0.3) is 10.2 Å². The number of hydrogen-bond donors (Lipinski definition) is 2. The largest absolute Gasteiger partial charge is 0.462 e. The molecule has 5 nitrogen and oxygen atoms in total. The number of aliphatic hydroxyl groups is 1. The summed E-state index contributed by atoms with van der Waals surface area (Å²) in [6, 6.07) is 28.3. The molecule has 1 aliphatic carbocycles. The number of carbonyl (C=O) groups excluding carboxylic acids is 1. The molecule has 4 aromatic rings. The van der Waals surface area contributed by atoms with Gasteiger partial charge in [0.2, 0.25) is 0 Å². The molecule has 0 radical (unpaired) electrons. The maximum absolute atomic E-state index is 12.8. The van der Waals surface area contributed by atoms with Gasteiger partial charge in [0.25, 0.3) is 8.32 Å². The minimum Gasteiger partial charge on any atom is -0.462 e. The number of aliphatic hydroxyl groups excluding tert-OH is 1. The van der Waals surface area contributed by atoms with Crippen molar-refractivity contribution in [2.24, 2.45) is 11.8 Å². The van der Waals surface area contributed by atoms with Crippen LogP contribution in [0.1, 0.15) is 44.0 Å². The number of rotatable bonds is 8. The van der Waals surface area contributed by atoms with E-state index in [0.29, 0.717) is 19.3 Å². The standard InChI is InChI=1S/C33H35NO4SSi/c1-33(2,40(37,23-11-5-3-6-12-23)24-13-7-4-8-14-24)21-22(32-34-27-15-9-10-16-30(27)39-32)17-18-25-26-19-31(36)38-29(26)20-28(25)35/h3-18,22,25-26,28-29,35,37H,19-21H2,1-2H3/b18-17+/t22-,25+,26+,28+,29-/m0/s1. The molecule has 3 aromatic carbocycles. The number of fused-ring (bicyclic) bond motifs is 2. The predicted molar refractivity (Wildman–Crippen MR) is 162 cm³/mol. The van der Waals surface area contributed by atoms with Crippen molar-refractivity contribution in [2.75, 3.05) is 0 Å². The maximum atomic E-state index is 12.8. The van der Waals surface area contributed by atoms with Crippen LogP contribution in [0.15, 0.2) is 97.1 Å². The average molecular weight is 570 g/mol. The Hall–Kier alpha value is -3.10. The molecule has 6 rings (SSSR count). The molecule has 0 amide bonds.